The highest BCUT2D eigenvalue weighted by Gasteiger charge is 1.96. The number of nitrogens with zero attached hydrogens (tertiary/aromatic N) is 1. The molecule has 0 heterocycles. The standard InChI is InChI=1S/C15H16N2/c1-12-8-10-14(11-9-12)13(2)16-17-15-6-4-3-5-7-15/h3-11,17H,1-2H3/b16-13+. The molecule has 2 aromatic rings. The Balaban J connectivity index is 2.10. The summed E-state index contributed by atoms with van der Waals surface area (Å²) in [5, 5.41) is 4.36. The largest absolute Gasteiger partial charge is 0.278 e. The van der Waals surface area contributed by atoms with Gasteiger partial charge in [0.05, 0.1) is 11.4 Å². The van der Waals surface area contributed by atoms with Crippen LogP contribution in [0.5, 0.6) is 0 Å². The first-order valence-corrected chi connectivity index (χ1v) is 5.68. The van der Waals surface area contributed by atoms with E-state index in [2.05, 4.69) is 41.7 Å². The van der Waals surface area contributed by atoms with Crippen LogP contribution in [0.3, 0.4) is 0 Å². The lowest BCUT2D eigenvalue weighted by atomic mass is 10.1. The molecule has 86 valence electrons. The van der Waals surface area contributed by atoms with Gasteiger partial charge >= 0.3 is 0 Å². The van der Waals surface area contributed by atoms with Gasteiger partial charge in [-0.2, -0.15) is 5.10 Å². The monoisotopic (exact) mass is 224 g/mol. The van der Waals surface area contributed by atoms with Gasteiger partial charge < -0.3 is 0 Å². The minimum absolute atomic E-state index is 0.980. The molecule has 0 saturated carbocycles. The highest BCUT2D eigenvalue weighted by Crippen LogP contribution is 2.07. The van der Waals surface area contributed by atoms with Crippen LogP contribution < -0.4 is 5.43 Å². The van der Waals surface area contributed by atoms with Crippen molar-refractivity contribution < 1.29 is 0 Å². The third-order valence-electron chi connectivity index (χ3n) is 2.60. The van der Waals surface area contributed by atoms with E-state index >= 15 is 0 Å². The first kappa shape index (κ1) is 11.4. The summed E-state index contributed by atoms with van der Waals surface area (Å²) in [6.45, 7) is 4.08. The van der Waals surface area contributed by atoms with Crippen molar-refractivity contribution in [3.05, 3.63) is 65.7 Å². The van der Waals surface area contributed by atoms with Crippen molar-refractivity contribution in [2.24, 2.45) is 5.10 Å². The van der Waals surface area contributed by atoms with Gasteiger partial charge in [-0.3, -0.25) is 5.43 Å². The number of rotatable bonds is 3. The summed E-state index contributed by atoms with van der Waals surface area (Å²) in [5.74, 6) is 0. The van der Waals surface area contributed by atoms with Crippen LogP contribution in [0, 0.1) is 6.92 Å². The van der Waals surface area contributed by atoms with Crippen LogP contribution >= 0.6 is 0 Å². The van der Waals surface area contributed by atoms with Gasteiger partial charge in [-0.15, -0.1) is 0 Å². The average Bonchev–Trinajstić information content (AvgIpc) is 2.38. The molecule has 0 bridgehead atoms. The molecule has 0 amide bonds. The number of benzene rings is 2. The second-order valence-corrected chi connectivity index (χ2v) is 4.04. The van der Waals surface area contributed by atoms with Crippen LogP contribution in [0.1, 0.15) is 18.1 Å². The Morgan fingerprint density at radius 3 is 2.24 bits per heavy atom. The molecule has 0 spiro atoms. The summed E-state index contributed by atoms with van der Waals surface area (Å²) >= 11 is 0. The van der Waals surface area contributed by atoms with Crippen molar-refractivity contribution in [3.63, 3.8) is 0 Å². The number of para-hydroxylation sites is 1. The molecule has 0 fully saturated rings. The minimum Gasteiger partial charge on any atom is -0.278 e. The lowest BCUT2D eigenvalue weighted by molar-refractivity contribution is 1.32. The first-order chi connectivity index (χ1) is 8.25. The first-order valence-electron chi connectivity index (χ1n) is 5.68. The van der Waals surface area contributed by atoms with Crippen molar-refractivity contribution in [1.29, 1.82) is 0 Å². The van der Waals surface area contributed by atoms with E-state index in [0.717, 1.165) is 17.0 Å². The van der Waals surface area contributed by atoms with E-state index in [0.29, 0.717) is 0 Å². The van der Waals surface area contributed by atoms with Gasteiger partial charge in [-0.1, -0.05) is 48.0 Å². The smallest absolute Gasteiger partial charge is 0.0648 e. The average molecular weight is 224 g/mol. The molecule has 2 heteroatoms. The van der Waals surface area contributed by atoms with E-state index in [-0.39, 0.29) is 0 Å². The number of hydrogen-bond donors (Lipinski definition) is 1. The maximum absolute atomic E-state index is 4.36. The lowest BCUT2D eigenvalue weighted by Gasteiger charge is -2.03. The molecule has 0 aliphatic carbocycles. The summed E-state index contributed by atoms with van der Waals surface area (Å²) in [4.78, 5) is 0. The summed E-state index contributed by atoms with van der Waals surface area (Å²) in [5.41, 5.74) is 7.42. The van der Waals surface area contributed by atoms with Gasteiger partial charge in [0, 0.05) is 0 Å². The van der Waals surface area contributed by atoms with E-state index in [1.165, 1.54) is 5.56 Å². The number of aryl methyl sites for hydroxylation is 1. The highest BCUT2D eigenvalue weighted by molar-refractivity contribution is 5.99. The maximum Gasteiger partial charge on any atom is 0.0648 e. The van der Waals surface area contributed by atoms with E-state index in [1.54, 1.807) is 0 Å². The van der Waals surface area contributed by atoms with Crippen molar-refractivity contribution in [1.82, 2.24) is 0 Å². The van der Waals surface area contributed by atoms with Crippen molar-refractivity contribution in [2.75, 3.05) is 5.43 Å². The second kappa shape index (κ2) is 5.30. The summed E-state index contributed by atoms with van der Waals surface area (Å²) in [7, 11) is 0. The van der Waals surface area contributed by atoms with Gasteiger partial charge in [0.1, 0.15) is 0 Å². The zero-order valence-corrected chi connectivity index (χ0v) is 10.1. The molecule has 0 saturated heterocycles. The van der Waals surface area contributed by atoms with Crippen molar-refractivity contribution in [3.8, 4) is 0 Å². The third kappa shape index (κ3) is 3.18. The van der Waals surface area contributed by atoms with Crippen LogP contribution in [0.15, 0.2) is 59.7 Å². The molecule has 2 rings (SSSR count). The molecule has 0 unspecified atom stereocenters. The zero-order valence-electron chi connectivity index (χ0n) is 10.1. The van der Waals surface area contributed by atoms with Crippen LogP contribution in [0.2, 0.25) is 0 Å². The second-order valence-electron chi connectivity index (χ2n) is 4.04. The van der Waals surface area contributed by atoms with Crippen LogP contribution in [-0.2, 0) is 0 Å². The lowest BCUT2D eigenvalue weighted by Crippen LogP contribution is -1.99. The Labute approximate surface area is 102 Å². The summed E-state index contributed by atoms with van der Waals surface area (Å²) in [6.07, 6.45) is 0. The van der Waals surface area contributed by atoms with Gasteiger partial charge in [-0.25, -0.2) is 0 Å². The molecule has 0 aromatic heterocycles. The van der Waals surface area contributed by atoms with E-state index < -0.39 is 0 Å². The van der Waals surface area contributed by atoms with Gasteiger partial charge in [-0.05, 0) is 31.5 Å². The van der Waals surface area contributed by atoms with Crippen molar-refractivity contribution >= 4 is 11.4 Å². The summed E-state index contributed by atoms with van der Waals surface area (Å²) in [6, 6.07) is 18.3. The zero-order chi connectivity index (χ0) is 12.1. The quantitative estimate of drug-likeness (QED) is 0.622. The molecule has 1 N–H and O–H groups in total. The SMILES string of the molecule is C/C(=N\Nc1ccccc1)c1ccc(C)cc1. The van der Waals surface area contributed by atoms with Crippen LogP contribution in [0.4, 0.5) is 5.69 Å². The topological polar surface area (TPSA) is 24.4 Å². The highest BCUT2D eigenvalue weighted by atomic mass is 15.3. The Hall–Kier alpha value is -2.09. The molecule has 0 aliphatic rings. The Morgan fingerprint density at radius 1 is 0.941 bits per heavy atom. The predicted molar refractivity (Wildman–Crippen MR) is 73.5 cm³/mol. The van der Waals surface area contributed by atoms with Gasteiger partial charge in [0.2, 0.25) is 0 Å². The van der Waals surface area contributed by atoms with E-state index in [1.807, 2.05) is 37.3 Å². The molecule has 0 atom stereocenters. The fourth-order valence-corrected chi connectivity index (χ4v) is 1.52. The van der Waals surface area contributed by atoms with Crippen molar-refractivity contribution in [2.45, 2.75) is 13.8 Å². The Kier molecular flexibility index (Phi) is 3.55. The van der Waals surface area contributed by atoms with Crippen LogP contribution in [0.25, 0.3) is 0 Å². The number of anilines is 1. The fourth-order valence-electron chi connectivity index (χ4n) is 1.52. The predicted octanol–water partition coefficient (Wildman–Crippen LogP) is 3.83. The maximum atomic E-state index is 4.36. The molecule has 17 heavy (non-hydrogen) atoms. The van der Waals surface area contributed by atoms with Gasteiger partial charge in [0.25, 0.3) is 0 Å². The van der Waals surface area contributed by atoms with Gasteiger partial charge in [0.15, 0.2) is 0 Å². The Morgan fingerprint density at radius 2 is 1.59 bits per heavy atom. The third-order valence-corrected chi connectivity index (χ3v) is 2.60. The van der Waals surface area contributed by atoms with Crippen LogP contribution in [-0.4, -0.2) is 5.71 Å². The molecular formula is C15H16N2. The molecule has 2 aromatic carbocycles. The number of hydrazone groups is 1. The Bertz CT molecular complexity index is 498. The molecular weight excluding hydrogens is 208 g/mol. The fraction of sp³-hybridized carbons (Fsp3) is 0.133. The minimum atomic E-state index is 0.980. The number of nitrogens with one attached hydrogen (secondary N) is 1. The molecule has 0 radical (unpaired) electrons. The molecule has 0 aliphatic heterocycles. The normalized spacial score (nSPS) is 11.3. The van der Waals surface area contributed by atoms with E-state index in [9.17, 15) is 0 Å². The summed E-state index contributed by atoms with van der Waals surface area (Å²) < 4.78 is 0. The number of hydrogen-bond acceptors (Lipinski definition) is 2. The molecule has 2 nitrogen and oxygen atoms in total. The van der Waals surface area contributed by atoms with E-state index in [4.69, 9.17) is 0 Å².